The number of rotatable bonds is 4. The van der Waals surface area contributed by atoms with Gasteiger partial charge in [0.1, 0.15) is 6.61 Å². The largest absolute Gasteiger partial charge is 0.375 e. The Morgan fingerprint density at radius 2 is 2.21 bits per heavy atom. The van der Waals surface area contributed by atoms with E-state index >= 15 is 0 Å². The van der Waals surface area contributed by atoms with Crippen LogP contribution in [0.25, 0.3) is 0 Å². The summed E-state index contributed by atoms with van der Waals surface area (Å²) < 4.78 is 4.78. The van der Waals surface area contributed by atoms with Crippen LogP contribution >= 0.6 is 0 Å². The maximum absolute atomic E-state index is 11.5. The fraction of sp³-hybridized carbons (Fsp3) is 0.800. The quantitative estimate of drug-likeness (QED) is 0.666. The second-order valence-electron chi connectivity index (χ2n) is 3.50. The van der Waals surface area contributed by atoms with Gasteiger partial charge in [0, 0.05) is 20.1 Å². The van der Waals surface area contributed by atoms with Crippen LogP contribution in [0.2, 0.25) is 0 Å². The van der Waals surface area contributed by atoms with Gasteiger partial charge in [-0.1, -0.05) is 6.92 Å². The number of ketones is 1. The van der Waals surface area contributed by atoms with E-state index in [1.807, 2.05) is 6.92 Å². The highest BCUT2D eigenvalue weighted by Gasteiger charge is 2.32. The fourth-order valence-corrected chi connectivity index (χ4v) is 1.84. The number of hydrogen-bond acceptors (Lipinski definition) is 3. The summed E-state index contributed by atoms with van der Waals surface area (Å²) in [7, 11) is 1.49. The molecule has 0 aromatic heterocycles. The number of hydrogen-bond donors (Lipinski definition) is 0. The molecule has 4 nitrogen and oxygen atoms in total. The van der Waals surface area contributed by atoms with E-state index in [0.29, 0.717) is 13.0 Å². The number of likely N-dealkylation sites (tertiary alicyclic amines) is 1. The minimum Gasteiger partial charge on any atom is -0.375 e. The number of nitrogens with zero attached hydrogens (tertiary/aromatic N) is 1. The van der Waals surface area contributed by atoms with Gasteiger partial charge in [-0.2, -0.15) is 0 Å². The molecule has 1 fully saturated rings. The van der Waals surface area contributed by atoms with Crippen molar-refractivity contribution in [2.24, 2.45) is 0 Å². The van der Waals surface area contributed by atoms with Crippen molar-refractivity contribution in [1.29, 1.82) is 0 Å². The van der Waals surface area contributed by atoms with Gasteiger partial charge >= 0.3 is 0 Å². The van der Waals surface area contributed by atoms with Crippen molar-refractivity contribution < 1.29 is 14.3 Å². The molecule has 80 valence electrons. The first kappa shape index (κ1) is 11.2. The predicted molar refractivity (Wildman–Crippen MR) is 51.9 cm³/mol. The summed E-state index contributed by atoms with van der Waals surface area (Å²) in [4.78, 5) is 24.7. The molecule has 0 spiro atoms. The highest BCUT2D eigenvalue weighted by atomic mass is 16.5. The van der Waals surface area contributed by atoms with Crippen LogP contribution in [0.3, 0.4) is 0 Å². The highest BCUT2D eigenvalue weighted by Crippen LogP contribution is 2.19. The summed E-state index contributed by atoms with van der Waals surface area (Å²) in [5.41, 5.74) is 0. The molecule has 1 rings (SSSR count). The third-order valence-electron chi connectivity index (χ3n) is 2.56. The van der Waals surface area contributed by atoms with Gasteiger partial charge in [-0.25, -0.2) is 0 Å². The molecule has 0 bridgehead atoms. The number of carbonyl (C=O) groups is 2. The van der Waals surface area contributed by atoms with Gasteiger partial charge in [-0.3, -0.25) is 9.59 Å². The molecule has 1 amide bonds. The van der Waals surface area contributed by atoms with E-state index in [2.05, 4.69) is 0 Å². The smallest absolute Gasteiger partial charge is 0.249 e. The zero-order chi connectivity index (χ0) is 10.6. The Balaban J connectivity index is 2.59. The number of amides is 1. The van der Waals surface area contributed by atoms with Crippen LogP contribution in [0.5, 0.6) is 0 Å². The lowest BCUT2D eigenvalue weighted by Gasteiger charge is -2.22. The molecular weight excluding hydrogens is 182 g/mol. The van der Waals surface area contributed by atoms with Crippen LogP contribution in [-0.4, -0.2) is 42.9 Å². The molecule has 14 heavy (non-hydrogen) atoms. The number of ether oxygens (including phenoxy) is 1. The number of carbonyl (C=O) groups excluding carboxylic acids is 2. The van der Waals surface area contributed by atoms with Crippen LogP contribution in [0, 0.1) is 0 Å². The topological polar surface area (TPSA) is 46.6 Å². The van der Waals surface area contributed by atoms with E-state index < -0.39 is 0 Å². The average Bonchev–Trinajstić information content (AvgIpc) is 2.65. The van der Waals surface area contributed by atoms with Crippen molar-refractivity contribution in [1.82, 2.24) is 4.90 Å². The molecule has 1 aliphatic rings. The monoisotopic (exact) mass is 199 g/mol. The van der Waals surface area contributed by atoms with E-state index in [9.17, 15) is 9.59 Å². The van der Waals surface area contributed by atoms with Crippen molar-refractivity contribution in [3.63, 3.8) is 0 Å². The van der Waals surface area contributed by atoms with Crippen molar-refractivity contribution in [2.75, 3.05) is 20.3 Å². The minimum atomic E-state index is -0.192. The average molecular weight is 199 g/mol. The van der Waals surface area contributed by atoms with Gasteiger partial charge in [0.2, 0.25) is 5.91 Å². The lowest BCUT2D eigenvalue weighted by Crippen LogP contribution is -2.41. The molecule has 0 saturated carbocycles. The van der Waals surface area contributed by atoms with Crippen molar-refractivity contribution in [3.05, 3.63) is 0 Å². The van der Waals surface area contributed by atoms with Gasteiger partial charge in [0.15, 0.2) is 5.78 Å². The molecular formula is C10H17NO3. The van der Waals surface area contributed by atoms with Gasteiger partial charge in [0.25, 0.3) is 0 Å². The van der Waals surface area contributed by atoms with Crippen molar-refractivity contribution in [2.45, 2.75) is 32.2 Å². The lowest BCUT2D eigenvalue weighted by atomic mass is 10.1. The third kappa shape index (κ3) is 2.32. The fourth-order valence-electron chi connectivity index (χ4n) is 1.84. The Morgan fingerprint density at radius 3 is 2.79 bits per heavy atom. The van der Waals surface area contributed by atoms with E-state index in [1.165, 1.54) is 7.11 Å². The van der Waals surface area contributed by atoms with Crippen molar-refractivity contribution >= 4 is 11.7 Å². The Labute approximate surface area is 84.2 Å². The molecule has 1 heterocycles. The molecule has 1 aliphatic heterocycles. The third-order valence-corrected chi connectivity index (χ3v) is 2.56. The zero-order valence-electron chi connectivity index (χ0n) is 8.78. The van der Waals surface area contributed by atoms with Gasteiger partial charge in [-0.15, -0.1) is 0 Å². The Bertz CT molecular complexity index is 227. The second kappa shape index (κ2) is 5.10. The second-order valence-corrected chi connectivity index (χ2v) is 3.50. The first-order valence-corrected chi connectivity index (χ1v) is 5.01. The van der Waals surface area contributed by atoms with Crippen molar-refractivity contribution in [3.8, 4) is 0 Å². The maximum Gasteiger partial charge on any atom is 0.249 e. The lowest BCUT2D eigenvalue weighted by molar-refractivity contribution is -0.140. The first-order valence-electron chi connectivity index (χ1n) is 5.01. The summed E-state index contributed by atoms with van der Waals surface area (Å²) in [6.45, 7) is 2.60. The summed E-state index contributed by atoms with van der Waals surface area (Å²) in [6.07, 6.45) is 2.23. The van der Waals surface area contributed by atoms with E-state index in [-0.39, 0.29) is 24.3 Å². The Hall–Kier alpha value is -0.900. The molecule has 4 heteroatoms. The summed E-state index contributed by atoms with van der Waals surface area (Å²) in [5, 5.41) is 0. The maximum atomic E-state index is 11.5. The Kier molecular flexibility index (Phi) is 4.07. The zero-order valence-corrected chi connectivity index (χ0v) is 8.78. The molecule has 0 aromatic rings. The molecule has 1 atom stereocenters. The SMILES string of the molecule is CCC(=O)C1CCCN1C(=O)COC. The van der Waals surface area contributed by atoms with E-state index in [4.69, 9.17) is 4.74 Å². The number of Topliss-reactive ketones (excluding diaryl/α,β-unsaturated/α-hetero) is 1. The van der Waals surface area contributed by atoms with Gasteiger partial charge in [-0.05, 0) is 12.8 Å². The van der Waals surface area contributed by atoms with E-state index in [0.717, 1.165) is 12.8 Å². The molecule has 0 aliphatic carbocycles. The molecule has 1 saturated heterocycles. The Morgan fingerprint density at radius 1 is 1.50 bits per heavy atom. The first-order chi connectivity index (χ1) is 6.70. The highest BCUT2D eigenvalue weighted by molar-refractivity contribution is 5.89. The molecule has 1 unspecified atom stereocenters. The summed E-state index contributed by atoms with van der Waals surface area (Å²) in [5.74, 6) is 0.0868. The van der Waals surface area contributed by atoms with Crippen LogP contribution < -0.4 is 0 Å². The van der Waals surface area contributed by atoms with Crippen LogP contribution in [0.15, 0.2) is 0 Å². The standard InChI is InChI=1S/C10H17NO3/c1-3-9(12)8-5-4-6-11(8)10(13)7-14-2/h8H,3-7H2,1-2H3. The van der Waals surface area contributed by atoms with E-state index in [1.54, 1.807) is 4.90 Å². The summed E-state index contributed by atoms with van der Waals surface area (Å²) >= 11 is 0. The number of methoxy groups -OCH3 is 1. The summed E-state index contributed by atoms with van der Waals surface area (Å²) in [6, 6.07) is -0.192. The minimum absolute atomic E-state index is 0.0724. The van der Waals surface area contributed by atoms with Gasteiger partial charge < -0.3 is 9.64 Å². The molecule has 0 radical (unpaired) electrons. The molecule has 0 aromatic carbocycles. The predicted octanol–water partition coefficient (Wildman–Crippen LogP) is 0.603. The van der Waals surface area contributed by atoms with Crippen LogP contribution in [0.1, 0.15) is 26.2 Å². The molecule has 0 N–H and O–H groups in total. The van der Waals surface area contributed by atoms with Gasteiger partial charge in [0.05, 0.1) is 6.04 Å². The van der Waals surface area contributed by atoms with Crippen LogP contribution in [0.4, 0.5) is 0 Å². The normalized spacial score (nSPS) is 21.3. The van der Waals surface area contributed by atoms with Crippen LogP contribution in [-0.2, 0) is 14.3 Å².